The zero-order valence-corrected chi connectivity index (χ0v) is 10.0. The van der Waals surface area contributed by atoms with Crippen LogP contribution in [0.3, 0.4) is 0 Å². The van der Waals surface area contributed by atoms with Gasteiger partial charge in [0.1, 0.15) is 5.82 Å². The zero-order valence-electron chi connectivity index (χ0n) is 10.0. The number of halogens is 1. The van der Waals surface area contributed by atoms with Crippen molar-refractivity contribution in [3.05, 3.63) is 35.6 Å². The molecule has 1 aliphatic carbocycles. The van der Waals surface area contributed by atoms with Crippen LogP contribution in [0.1, 0.15) is 38.2 Å². The average Bonchev–Trinajstić information content (AvgIpc) is 2.14. The molecule has 1 nitrogen and oxygen atoms in total. The molecule has 1 N–H and O–H groups in total. The van der Waals surface area contributed by atoms with Gasteiger partial charge in [0.25, 0.3) is 0 Å². The molecule has 2 rings (SSSR count). The molecule has 0 bridgehead atoms. The highest BCUT2D eigenvalue weighted by Gasteiger charge is 2.29. The fourth-order valence-electron chi connectivity index (χ4n) is 2.22. The zero-order chi connectivity index (χ0) is 11.5. The summed E-state index contributed by atoms with van der Waals surface area (Å²) in [6.07, 6.45) is 2.30. The lowest BCUT2D eigenvalue weighted by molar-refractivity contribution is 0.281. The predicted octanol–water partition coefficient (Wildman–Crippen LogP) is 3.32. The third-order valence-electron chi connectivity index (χ3n) is 3.27. The first kappa shape index (κ1) is 11.6. The van der Waals surface area contributed by atoms with Gasteiger partial charge in [-0.15, -0.1) is 0 Å². The van der Waals surface area contributed by atoms with Gasteiger partial charge in [-0.25, -0.2) is 4.39 Å². The van der Waals surface area contributed by atoms with Crippen molar-refractivity contribution >= 4 is 0 Å². The number of hydrogen-bond acceptors (Lipinski definition) is 1. The Hall–Kier alpha value is -0.890. The van der Waals surface area contributed by atoms with Gasteiger partial charge in [0.2, 0.25) is 0 Å². The summed E-state index contributed by atoms with van der Waals surface area (Å²) >= 11 is 0. The maximum absolute atomic E-state index is 13.0. The Morgan fingerprint density at radius 1 is 1.38 bits per heavy atom. The monoisotopic (exact) mass is 221 g/mol. The summed E-state index contributed by atoms with van der Waals surface area (Å²) in [5.74, 6) is 1.14. The van der Waals surface area contributed by atoms with Crippen LogP contribution in [0.25, 0.3) is 0 Å². The van der Waals surface area contributed by atoms with E-state index >= 15 is 0 Å². The Balaban J connectivity index is 1.80. The fourth-order valence-corrected chi connectivity index (χ4v) is 2.22. The summed E-state index contributed by atoms with van der Waals surface area (Å²) in [5, 5.41) is 3.54. The minimum atomic E-state index is -0.115. The Morgan fingerprint density at radius 2 is 2.12 bits per heavy atom. The van der Waals surface area contributed by atoms with Crippen LogP contribution >= 0.6 is 0 Å². The summed E-state index contributed by atoms with van der Waals surface area (Å²) in [6.45, 7) is 5.52. The molecule has 1 aromatic rings. The van der Waals surface area contributed by atoms with Crippen molar-refractivity contribution in [1.29, 1.82) is 0 Å². The van der Waals surface area contributed by atoms with Crippen LogP contribution in [0.4, 0.5) is 4.39 Å². The molecular formula is C14H20FN. The van der Waals surface area contributed by atoms with Crippen molar-refractivity contribution < 1.29 is 4.39 Å². The molecule has 0 amide bonds. The van der Waals surface area contributed by atoms with E-state index in [0.29, 0.717) is 17.9 Å². The standard InChI is InChI=1S/C14H20FN/c1-10(2)9-16-14-7-12(8-14)11-4-3-5-13(15)6-11/h3-6,10,12,14,16H,7-9H2,1-2H3. The van der Waals surface area contributed by atoms with Crippen LogP contribution in [0.5, 0.6) is 0 Å². The van der Waals surface area contributed by atoms with E-state index in [-0.39, 0.29) is 5.82 Å². The summed E-state index contributed by atoms with van der Waals surface area (Å²) in [7, 11) is 0. The summed E-state index contributed by atoms with van der Waals surface area (Å²) < 4.78 is 13.0. The third-order valence-corrected chi connectivity index (χ3v) is 3.27. The lowest BCUT2D eigenvalue weighted by atomic mass is 9.76. The molecule has 88 valence electrons. The number of nitrogens with one attached hydrogen (secondary N) is 1. The van der Waals surface area contributed by atoms with Gasteiger partial charge in [0, 0.05) is 6.04 Å². The Kier molecular flexibility index (Phi) is 3.59. The molecular weight excluding hydrogens is 201 g/mol. The molecule has 0 radical (unpaired) electrons. The molecule has 1 aliphatic rings. The Labute approximate surface area is 97.1 Å². The van der Waals surface area contributed by atoms with Gasteiger partial charge >= 0.3 is 0 Å². The highest BCUT2D eigenvalue weighted by molar-refractivity contribution is 5.23. The van der Waals surface area contributed by atoms with E-state index in [1.165, 1.54) is 6.07 Å². The van der Waals surface area contributed by atoms with Crippen molar-refractivity contribution in [2.75, 3.05) is 6.54 Å². The van der Waals surface area contributed by atoms with Crippen LogP contribution in [0, 0.1) is 11.7 Å². The second-order valence-corrected chi connectivity index (χ2v) is 5.22. The van der Waals surface area contributed by atoms with Gasteiger partial charge in [-0.1, -0.05) is 26.0 Å². The Bertz CT molecular complexity index is 342. The second kappa shape index (κ2) is 4.96. The van der Waals surface area contributed by atoms with Crippen molar-refractivity contribution in [3.63, 3.8) is 0 Å². The maximum Gasteiger partial charge on any atom is 0.123 e. The summed E-state index contributed by atoms with van der Waals surface area (Å²) in [5.41, 5.74) is 1.16. The first-order valence-electron chi connectivity index (χ1n) is 6.14. The first-order chi connectivity index (χ1) is 7.65. The van der Waals surface area contributed by atoms with E-state index in [1.54, 1.807) is 12.1 Å². The highest BCUT2D eigenvalue weighted by Crippen LogP contribution is 2.36. The molecule has 16 heavy (non-hydrogen) atoms. The SMILES string of the molecule is CC(C)CNC1CC(c2cccc(F)c2)C1. The largest absolute Gasteiger partial charge is 0.314 e. The van der Waals surface area contributed by atoms with Gasteiger partial charge in [-0.05, 0) is 48.9 Å². The van der Waals surface area contributed by atoms with Crippen LogP contribution in [0.15, 0.2) is 24.3 Å². The van der Waals surface area contributed by atoms with E-state index < -0.39 is 0 Å². The summed E-state index contributed by atoms with van der Waals surface area (Å²) in [6, 6.07) is 7.65. The van der Waals surface area contributed by atoms with Gasteiger partial charge in [0.05, 0.1) is 0 Å². The van der Waals surface area contributed by atoms with Gasteiger partial charge in [-0.3, -0.25) is 0 Å². The molecule has 0 atom stereocenters. The van der Waals surface area contributed by atoms with E-state index in [9.17, 15) is 4.39 Å². The third kappa shape index (κ3) is 2.82. The fraction of sp³-hybridized carbons (Fsp3) is 0.571. The molecule has 1 saturated carbocycles. The molecule has 0 saturated heterocycles. The number of hydrogen-bond donors (Lipinski definition) is 1. The van der Waals surface area contributed by atoms with Crippen LogP contribution in [-0.4, -0.2) is 12.6 Å². The maximum atomic E-state index is 13.0. The first-order valence-corrected chi connectivity index (χ1v) is 6.14. The van der Waals surface area contributed by atoms with Crippen molar-refractivity contribution in [3.8, 4) is 0 Å². The Morgan fingerprint density at radius 3 is 2.75 bits per heavy atom. The van der Waals surface area contributed by atoms with Gasteiger partial charge in [-0.2, -0.15) is 0 Å². The highest BCUT2D eigenvalue weighted by atomic mass is 19.1. The molecule has 1 fully saturated rings. The quantitative estimate of drug-likeness (QED) is 0.822. The lowest BCUT2D eigenvalue weighted by Gasteiger charge is -2.36. The van der Waals surface area contributed by atoms with E-state index in [0.717, 1.165) is 24.9 Å². The van der Waals surface area contributed by atoms with Crippen molar-refractivity contribution in [1.82, 2.24) is 5.32 Å². The molecule has 0 aliphatic heterocycles. The number of benzene rings is 1. The topological polar surface area (TPSA) is 12.0 Å². The van der Waals surface area contributed by atoms with Crippen molar-refractivity contribution in [2.45, 2.75) is 38.6 Å². The molecule has 0 heterocycles. The van der Waals surface area contributed by atoms with Gasteiger partial charge in [0.15, 0.2) is 0 Å². The van der Waals surface area contributed by atoms with Crippen LogP contribution < -0.4 is 5.32 Å². The van der Waals surface area contributed by atoms with E-state index in [1.807, 2.05) is 6.07 Å². The van der Waals surface area contributed by atoms with E-state index in [4.69, 9.17) is 0 Å². The second-order valence-electron chi connectivity index (χ2n) is 5.22. The van der Waals surface area contributed by atoms with Crippen LogP contribution in [-0.2, 0) is 0 Å². The smallest absolute Gasteiger partial charge is 0.123 e. The molecule has 0 aromatic heterocycles. The average molecular weight is 221 g/mol. The molecule has 0 spiro atoms. The molecule has 1 aromatic carbocycles. The van der Waals surface area contributed by atoms with Crippen molar-refractivity contribution in [2.24, 2.45) is 5.92 Å². The van der Waals surface area contributed by atoms with Gasteiger partial charge < -0.3 is 5.32 Å². The lowest BCUT2D eigenvalue weighted by Crippen LogP contribution is -2.41. The molecule has 0 unspecified atom stereocenters. The summed E-state index contributed by atoms with van der Waals surface area (Å²) in [4.78, 5) is 0. The molecule has 2 heteroatoms. The number of rotatable bonds is 4. The minimum Gasteiger partial charge on any atom is -0.314 e. The van der Waals surface area contributed by atoms with E-state index in [2.05, 4.69) is 19.2 Å². The normalized spacial score (nSPS) is 24.5. The predicted molar refractivity (Wildman–Crippen MR) is 65.0 cm³/mol. The minimum absolute atomic E-state index is 0.115. The van der Waals surface area contributed by atoms with Crippen LogP contribution in [0.2, 0.25) is 0 Å².